The number of nitrogens with zero attached hydrogens (tertiary/aromatic N) is 2. The van der Waals surface area contributed by atoms with Gasteiger partial charge < -0.3 is 20.3 Å². The minimum absolute atomic E-state index is 0.00954. The summed E-state index contributed by atoms with van der Waals surface area (Å²) in [5, 5.41) is 6.90. The number of benzene rings is 2. The molecule has 0 aliphatic carbocycles. The van der Waals surface area contributed by atoms with E-state index in [0.29, 0.717) is 12.2 Å². The first-order valence-electron chi connectivity index (χ1n) is 12.6. The third kappa shape index (κ3) is 6.64. The number of anilines is 1. The minimum Gasteiger partial charge on any atom is -0.489 e. The average Bonchev–Trinajstić information content (AvgIpc) is 2.81. The van der Waals surface area contributed by atoms with Gasteiger partial charge in [0, 0.05) is 48.5 Å². The highest BCUT2D eigenvalue weighted by Crippen LogP contribution is 2.29. The molecule has 6 nitrogen and oxygen atoms in total. The quantitative estimate of drug-likeness (QED) is 0.466. The summed E-state index contributed by atoms with van der Waals surface area (Å²) in [6.07, 6.45) is 3.69. The minimum atomic E-state index is -0.0254. The highest BCUT2D eigenvalue weighted by Gasteiger charge is 2.38. The molecule has 1 aliphatic heterocycles. The van der Waals surface area contributed by atoms with Crippen molar-refractivity contribution in [3.63, 3.8) is 0 Å². The van der Waals surface area contributed by atoms with Crippen molar-refractivity contribution < 1.29 is 9.53 Å². The Morgan fingerprint density at radius 1 is 1.00 bits per heavy atom. The Balaban J connectivity index is 1.34. The van der Waals surface area contributed by atoms with E-state index in [9.17, 15) is 4.79 Å². The van der Waals surface area contributed by atoms with E-state index in [1.165, 1.54) is 0 Å². The topological polar surface area (TPSA) is 66.5 Å². The standard InChI is InChI=1S/C30H38N4O2/c1-29(2)17-25(18-30(3,4)33-29)32-28(35)22-12-10-21(11-13-22)20-36-26-9-7-8-23(16-26)24-14-15-27(31-19-24)34(5)6/h7-16,19,25,33H,17-18,20H2,1-6H3,(H,32,35). The van der Waals surface area contributed by atoms with Crippen LogP contribution in [0, 0.1) is 0 Å². The lowest BCUT2D eigenvalue weighted by molar-refractivity contribution is 0.0873. The van der Waals surface area contributed by atoms with Gasteiger partial charge in [0.05, 0.1) is 0 Å². The smallest absolute Gasteiger partial charge is 0.251 e. The molecule has 1 fully saturated rings. The van der Waals surface area contributed by atoms with Crippen LogP contribution in [0.2, 0.25) is 0 Å². The summed E-state index contributed by atoms with van der Waals surface area (Å²) in [7, 11) is 3.95. The van der Waals surface area contributed by atoms with Crippen molar-refractivity contribution in [3.8, 4) is 16.9 Å². The molecule has 3 aromatic rings. The second kappa shape index (κ2) is 10.3. The van der Waals surface area contributed by atoms with E-state index in [2.05, 4.69) is 55.4 Å². The molecule has 0 saturated carbocycles. The number of hydrogen-bond donors (Lipinski definition) is 2. The van der Waals surface area contributed by atoms with Gasteiger partial charge in [0.2, 0.25) is 0 Å². The molecule has 0 spiro atoms. The van der Waals surface area contributed by atoms with Gasteiger partial charge >= 0.3 is 0 Å². The molecule has 0 unspecified atom stereocenters. The number of amides is 1. The third-order valence-electron chi connectivity index (χ3n) is 6.52. The van der Waals surface area contributed by atoms with Gasteiger partial charge in [0.1, 0.15) is 18.2 Å². The molecule has 4 rings (SSSR count). The first kappa shape index (κ1) is 25.7. The maximum atomic E-state index is 12.9. The number of ether oxygens (including phenoxy) is 1. The summed E-state index contributed by atoms with van der Waals surface area (Å²) in [5.41, 5.74) is 3.76. The van der Waals surface area contributed by atoms with Gasteiger partial charge in [0.25, 0.3) is 5.91 Å². The maximum Gasteiger partial charge on any atom is 0.251 e. The number of hydrogen-bond acceptors (Lipinski definition) is 5. The van der Waals surface area contributed by atoms with Crippen LogP contribution in [0.1, 0.15) is 56.5 Å². The van der Waals surface area contributed by atoms with E-state index in [1.54, 1.807) is 0 Å². The average molecular weight is 487 g/mol. The molecular formula is C30H38N4O2. The van der Waals surface area contributed by atoms with E-state index in [1.807, 2.05) is 73.7 Å². The molecule has 1 aliphatic rings. The molecule has 190 valence electrons. The van der Waals surface area contributed by atoms with Gasteiger partial charge in [-0.1, -0.05) is 24.3 Å². The summed E-state index contributed by atoms with van der Waals surface area (Å²) < 4.78 is 6.05. The zero-order chi connectivity index (χ0) is 25.9. The number of rotatable bonds is 7. The van der Waals surface area contributed by atoms with Gasteiger partial charge in [-0.3, -0.25) is 4.79 Å². The summed E-state index contributed by atoms with van der Waals surface area (Å²) in [6.45, 7) is 9.19. The van der Waals surface area contributed by atoms with Crippen molar-refractivity contribution in [3.05, 3.63) is 78.0 Å². The second-order valence-electron chi connectivity index (χ2n) is 11.3. The van der Waals surface area contributed by atoms with Crippen LogP contribution in [-0.2, 0) is 6.61 Å². The zero-order valence-corrected chi connectivity index (χ0v) is 22.3. The largest absolute Gasteiger partial charge is 0.489 e. The Morgan fingerprint density at radius 3 is 2.31 bits per heavy atom. The molecule has 2 N–H and O–H groups in total. The summed E-state index contributed by atoms with van der Waals surface area (Å²) in [4.78, 5) is 19.4. The summed E-state index contributed by atoms with van der Waals surface area (Å²) >= 11 is 0. The SMILES string of the molecule is CN(C)c1ccc(-c2cccc(OCc3ccc(C(=O)NC4CC(C)(C)NC(C)(C)C4)cc3)c2)cn1. The third-order valence-corrected chi connectivity index (χ3v) is 6.52. The van der Waals surface area contributed by atoms with Crippen molar-refractivity contribution in [1.29, 1.82) is 0 Å². The predicted octanol–water partition coefficient (Wildman–Crippen LogP) is 5.43. The molecule has 2 heterocycles. The molecule has 36 heavy (non-hydrogen) atoms. The Morgan fingerprint density at radius 2 is 1.69 bits per heavy atom. The van der Waals surface area contributed by atoms with E-state index in [4.69, 9.17) is 4.74 Å². The van der Waals surface area contributed by atoms with E-state index >= 15 is 0 Å². The fraction of sp³-hybridized carbons (Fsp3) is 0.400. The first-order chi connectivity index (χ1) is 17.0. The van der Waals surface area contributed by atoms with E-state index in [-0.39, 0.29) is 23.0 Å². The van der Waals surface area contributed by atoms with Gasteiger partial charge in [-0.25, -0.2) is 4.98 Å². The number of piperidine rings is 1. The number of aromatic nitrogens is 1. The van der Waals surface area contributed by atoms with Crippen LogP contribution >= 0.6 is 0 Å². The zero-order valence-electron chi connectivity index (χ0n) is 22.3. The predicted molar refractivity (Wildman–Crippen MR) is 147 cm³/mol. The van der Waals surface area contributed by atoms with Crippen LogP contribution in [0.15, 0.2) is 66.9 Å². The maximum absolute atomic E-state index is 12.9. The lowest BCUT2D eigenvalue weighted by Crippen LogP contribution is -2.62. The molecule has 1 amide bonds. The van der Waals surface area contributed by atoms with Gasteiger partial charge in [0.15, 0.2) is 0 Å². The molecule has 0 bridgehead atoms. The first-order valence-corrected chi connectivity index (χ1v) is 12.6. The van der Waals surface area contributed by atoms with E-state index in [0.717, 1.165) is 41.1 Å². The van der Waals surface area contributed by atoms with Gasteiger partial charge in [-0.05, 0) is 88.1 Å². The Labute approximate surface area is 215 Å². The lowest BCUT2D eigenvalue weighted by Gasteiger charge is -2.46. The summed E-state index contributed by atoms with van der Waals surface area (Å²) in [6, 6.07) is 19.9. The second-order valence-corrected chi connectivity index (χ2v) is 11.3. The van der Waals surface area contributed by atoms with Crippen LogP contribution in [0.4, 0.5) is 5.82 Å². The Bertz CT molecular complexity index is 1170. The van der Waals surface area contributed by atoms with Crippen molar-refractivity contribution in [1.82, 2.24) is 15.6 Å². The fourth-order valence-electron chi connectivity index (χ4n) is 5.20. The van der Waals surface area contributed by atoms with Crippen LogP contribution in [-0.4, -0.2) is 42.1 Å². The molecular weight excluding hydrogens is 448 g/mol. The van der Waals surface area contributed by atoms with Crippen LogP contribution in [0.25, 0.3) is 11.1 Å². The van der Waals surface area contributed by atoms with E-state index < -0.39 is 0 Å². The molecule has 2 aromatic carbocycles. The molecule has 1 saturated heterocycles. The number of carbonyl (C=O) groups excluding carboxylic acids is 1. The molecule has 1 aromatic heterocycles. The van der Waals surface area contributed by atoms with Crippen molar-refractivity contribution in [2.75, 3.05) is 19.0 Å². The fourth-order valence-corrected chi connectivity index (χ4v) is 5.20. The molecule has 6 heteroatoms. The Kier molecular flexibility index (Phi) is 7.36. The number of nitrogens with one attached hydrogen (secondary N) is 2. The highest BCUT2D eigenvalue weighted by atomic mass is 16.5. The van der Waals surface area contributed by atoms with Gasteiger partial charge in [-0.2, -0.15) is 0 Å². The monoisotopic (exact) mass is 486 g/mol. The lowest BCUT2D eigenvalue weighted by atomic mass is 9.79. The van der Waals surface area contributed by atoms with Crippen molar-refractivity contribution in [2.45, 2.75) is 64.3 Å². The molecule has 0 atom stereocenters. The van der Waals surface area contributed by atoms with Crippen molar-refractivity contribution in [2.24, 2.45) is 0 Å². The molecule has 0 radical (unpaired) electrons. The van der Waals surface area contributed by atoms with Crippen LogP contribution in [0.3, 0.4) is 0 Å². The van der Waals surface area contributed by atoms with Gasteiger partial charge in [-0.15, -0.1) is 0 Å². The Hall–Kier alpha value is -3.38. The highest BCUT2D eigenvalue weighted by molar-refractivity contribution is 5.94. The summed E-state index contributed by atoms with van der Waals surface area (Å²) in [5.74, 6) is 1.69. The number of carbonyl (C=O) groups is 1. The van der Waals surface area contributed by atoms with Crippen LogP contribution < -0.4 is 20.3 Å². The van der Waals surface area contributed by atoms with Crippen LogP contribution in [0.5, 0.6) is 5.75 Å². The number of pyridine rings is 1. The van der Waals surface area contributed by atoms with Crippen molar-refractivity contribution >= 4 is 11.7 Å². The normalized spacial score (nSPS) is 16.8.